The maximum Gasteiger partial charge on any atom is 0.0589 e. The monoisotopic (exact) mass is 229 g/mol. The van der Waals surface area contributed by atoms with Crippen molar-refractivity contribution in [1.29, 1.82) is 0 Å². The van der Waals surface area contributed by atoms with Crippen LogP contribution in [0.1, 0.15) is 52.9 Å². The van der Waals surface area contributed by atoms with Crippen LogP contribution in [-0.4, -0.2) is 38.3 Å². The Morgan fingerprint density at radius 2 is 1.62 bits per heavy atom. The second-order valence-electron chi connectivity index (χ2n) is 5.09. The van der Waals surface area contributed by atoms with Crippen molar-refractivity contribution in [2.45, 2.75) is 58.9 Å². The molecule has 0 aromatic rings. The Kier molecular flexibility index (Phi) is 10.0. The third-order valence-corrected chi connectivity index (χ3v) is 3.26. The summed E-state index contributed by atoms with van der Waals surface area (Å²) < 4.78 is 5.08. The molecule has 0 bridgehead atoms. The fourth-order valence-electron chi connectivity index (χ4n) is 2.10. The van der Waals surface area contributed by atoms with Gasteiger partial charge in [-0.05, 0) is 38.6 Å². The normalized spacial score (nSPS) is 25.1. The van der Waals surface area contributed by atoms with Crippen molar-refractivity contribution in [3.05, 3.63) is 0 Å². The second-order valence-corrected chi connectivity index (χ2v) is 5.09. The summed E-state index contributed by atoms with van der Waals surface area (Å²) in [5.41, 5.74) is 0. The molecule has 0 N–H and O–H groups in total. The molecule has 0 saturated heterocycles. The quantitative estimate of drug-likeness (QED) is 0.731. The summed E-state index contributed by atoms with van der Waals surface area (Å²) in [6.45, 7) is 8.56. The molecule has 16 heavy (non-hydrogen) atoms. The van der Waals surface area contributed by atoms with Crippen molar-refractivity contribution in [2.75, 3.05) is 27.3 Å². The Labute approximate surface area is 102 Å². The van der Waals surface area contributed by atoms with Gasteiger partial charge in [0.1, 0.15) is 0 Å². The van der Waals surface area contributed by atoms with Crippen LogP contribution >= 0.6 is 0 Å². The Morgan fingerprint density at radius 1 is 1.12 bits per heavy atom. The van der Waals surface area contributed by atoms with E-state index >= 15 is 0 Å². The van der Waals surface area contributed by atoms with E-state index in [0.29, 0.717) is 0 Å². The standard InChI is InChI=1S/C11H23NO.C3H8/c1-10-4-6-11(7-5-10)12(2)8-9-13-3;1-3-2/h10-11H,4-9H2,1-3H3;3H2,1-2H3. The van der Waals surface area contributed by atoms with Gasteiger partial charge in [-0.2, -0.15) is 0 Å². The van der Waals surface area contributed by atoms with E-state index in [0.717, 1.165) is 25.1 Å². The number of nitrogens with zero attached hydrogens (tertiary/aromatic N) is 1. The van der Waals surface area contributed by atoms with Gasteiger partial charge in [0, 0.05) is 19.7 Å². The van der Waals surface area contributed by atoms with Gasteiger partial charge in [-0.15, -0.1) is 0 Å². The van der Waals surface area contributed by atoms with Gasteiger partial charge in [0.15, 0.2) is 0 Å². The van der Waals surface area contributed by atoms with Crippen LogP contribution in [0.2, 0.25) is 0 Å². The van der Waals surface area contributed by atoms with Gasteiger partial charge in [-0.25, -0.2) is 0 Å². The molecule has 1 rings (SSSR count). The predicted octanol–water partition coefficient (Wildman–Crippen LogP) is 3.56. The van der Waals surface area contributed by atoms with Crippen LogP contribution in [0.4, 0.5) is 0 Å². The molecule has 1 aliphatic carbocycles. The van der Waals surface area contributed by atoms with Crippen LogP contribution in [0.5, 0.6) is 0 Å². The number of hydrogen-bond acceptors (Lipinski definition) is 2. The van der Waals surface area contributed by atoms with Crippen LogP contribution in [-0.2, 0) is 4.74 Å². The molecule has 0 radical (unpaired) electrons. The van der Waals surface area contributed by atoms with Crippen LogP contribution in [0.15, 0.2) is 0 Å². The molecule has 2 heteroatoms. The van der Waals surface area contributed by atoms with E-state index in [1.807, 2.05) is 0 Å². The summed E-state index contributed by atoms with van der Waals surface area (Å²) in [5.74, 6) is 0.951. The van der Waals surface area contributed by atoms with Crippen molar-refractivity contribution in [3.63, 3.8) is 0 Å². The van der Waals surface area contributed by atoms with E-state index in [1.165, 1.54) is 32.1 Å². The molecular formula is C14H31NO. The molecule has 98 valence electrons. The van der Waals surface area contributed by atoms with E-state index < -0.39 is 0 Å². The fourth-order valence-corrected chi connectivity index (χ4v) is 2.10. The molecular weight excluding hydrogens is 198 g/mol. The molecule has 1 fully saturated rings. The summed E-state index contributed by atoms with van der Waals surface area (Å²) in [7, 11) is 4.00. The van der Waals surface area contributed by atoms with E-state index in [2.05, 4.69) is 32.7 Å². The zero-order chi connectivity index (χ0) is 12.4. The average molecular weight is 229 g/mol. The summed E-state index contributed by atoms with van der Waals surface area (Å²) in [6.07, 6.45) is 6.81. The first-order valence-corrected chi connectivity index (χ1v) is 6.84. The number of ether oxygens (including phenoxy) is 1. The summed E-state index contributed by atoms with van der Waals surface area (Å²) in [4.78, 5) is 2.45. The minimum Gasteiger partial charge on any atom is -0.383 e. The van der Waals surface area contributed by atoms with Gasteiger partial charge in [0.05, 0.1) is 6.61 Å². The van der Waals surface area contributed by atoms with Crippen molar-refractivity contribution >= 4 is 0 Å². The lowest BCUT2D eigenvalue weighted by atomic mass is 9.87. The summed E-state index contributed by atoms with van der Waals surface area (Å²) in [6, 6.07) is 0.811. The highest BCUT2D eigenvalue weighted by Crippen LogP contribution is 2.26. The maximum absolute atomic E-state index is 5.08. The molecule has 0 atom stereocenters. The number of methoxy groups -OCH3 is 1. The van der Waals surface area contributed by atoms with Gasteiger partial charge >= 0.3 is 0 Å². The fraction of sp³-hybridized carbons (Fsp3) is 1.00. The number of rotatable bonds is 4. The first-order valence-electron chi connectivity index (χ1n) is 6.84. The van der Waals surface area contributed by atoms with Crippen molar-refractivity contribution in [1.82, 2.24) is 4.90 Å². The third kappa shape index (κ3) is 7.24. The molecule has 2 nitrogen and oxygen atoms in total. The third-order valence-electron chi connectivity index (χ3n) is 3.26. The van der Waals surface area contributed by atoms with Gasteiger partial charge in [0.25, 0.3) is 0 Å². The van der Waals surface area contributed by atoms with E-state index in [1.54, 1.807) is 7.11 Å². The van der Waals surface area contributed by atoms with Gasteiger partial charge in [0.2, 0.25) is 0 Å². The zero-order valence-electron chi connectivity index (χ0n) is 12.0. The van der Waals surface area contributed by atoms with E-state index in [-0.39, 0.29) is 0 Å². The topological polar surface area (TPSA) is 12.5 Å². The van der Waals surface area contributed by atoms with Gasteiger partial charge < -0.3 is 9.64 Å². The molecule has 1 saturated carbocycles. The second kappa shape index (κ2) is 10.1. The highest BCUT2D eigenvalue weighted by molar-refractivity contribution is 4.76. The van der Waals surface area contributed by atoms with E-state index in [9.17, 15) is 0 Å². The first kappa shape index (κ1) is 15.9. The number of hydrogen-bond donors (Lipinski definition) is 0. The molecule has 0 amide bonds. The Hall–Kier alpha value is -0.0800. The van der Waals surface area contributed by atoms with Crippen LogP contribution in [0, 0.1) is 5.92 Å². The highest BCUT2D eigenvalue weighted by Gasteiger charge is 2.20. The zero-order valence-corrected chi connectivity index (χ0v) is 12.0. The smallest absolute Gasteiger partial charge is 0.0589 e. The predicted molar refractivity (Wildman–Crippen MR) is 71.9 cm³/mol. The molecule has 0 aromatic carbocycles. The van der Waals surface area contributed by atoms with Crippen LogP contribution in [0.25, 0.3) is 0 Å². The molecule has 0 heterocycles. The molecule has 0 unspecified atom stereocenters. The van der Waals surface area contributed by atoms with Crippen LogP contribution < -0.4 is 0 Å². The lowest BCUT2D eigenvalue weighted by Gasteiger charge is -2.33. The lowest BCUT2D eigenvalue weighted by Crippen LogP contribution is -2.36. The summed E-state index contributed by atoms with van der Waals surface area (Å²) in [5, 5.41) is 0. The first-order chi connectivity index (χ1) is 7.65. The van der Waals surface area contributed by atoms with Crippen molar-refractivity contribution in [2.24, 2.45) is 5.92 Å². The highest BCUT2D eigenvalue weighted by atomic mass is 16.5. The Balaban J connectivity index is 0.000000673. The maximum atomic E-state index is 5.08. The average Bonchev–Trinajstić information content (AvgIpc) is 2.28. The number of likely N-dealkylation sites (N-methyl/N-ethyl adjacent to an activating group) is 1. The lowest BCUT2D eigenvalue weighted by molar-refractivity contribution is 0.115. The molecule has 0 spiro atoms. The van der Waals surface area contributed by atoms with Crippen molar-refractivity contribution in [3.8, 4) is 0 Å². The van der Waals surface area contributed by atoms with Crippen molar-refractivity contribution < 1.29 is 4.74 Å². The molecule has 1 aliphatic rings. The minimum atomic E-state index is 0.811. The molecule has 0 aliphatic heterocycles. The largest absolute Gasteiger partial charge is 0.383 e. The van der Waals surface area contributed by atoms with Crippen LogP contribution in [0.3, 0.4) is 0 Å². The SMILES string of the molecule is CCC.COCCN(C)C1CCC(C)CC1. The molecule has 0 aromatic heterocycles. The Bertz CT molecular complexity index is 142. The minimum absolute atomic E-state index is 0.811. The Morgan fingerprint density at radius 3 is 2.06 bits per heavy atom. The summed E-state index contributed by atoms with van der Waals surface area (Å²) >= 11 is 0. The van der Waals surface area contributed by atoms with E-state index in [4.69, 9.17) is 4.74 Å². The van der Waals surface area contributed by atoms with Gasteiger partial charge in [-0.3, -0.25) is 0 Å². The van der Waals surface area contributed by atoms with Gasteiger partial charge in [-0.1, -0.05) is 27.2 Å².